The molecule has 0 spiro atoms. The van der Waals surface area contributed by atoms with Crippen LogP contribution in [0, 0.1) is 0 Å². The lowest BCUT2D eigenvalue weighted by Gasteiger charge is -2.27. The SMILES string of the molecule is CCCN(C1CCNC1)S(=O)(=O)c1cccc2cnccc12.Cl. The number of hydrogen-bond donors (Lipinski definition) is 1. The Morgan fingerprint density at radius 1 is 1.35 bits per heavy atom. The number of fused-ring (bicyclic) bond motifs is 1. The number of sulfonamides is 1. The summed E-state index contributed by atoms with van der Waals surface area (Å²) in [6, 6.07) is 7.19. The number of nitrogens with one attached hydrogen (secondary N) is 1. The molecule has 2 heterocycles. The molecule has 5 nitrogen and oxygen atoms in total. The summed E-state index contributed by atoms with van der Waals surface area (Å²) in [7, 11) is -3.51. The van der Waals surface area contributed by atoms with Crippen LogP contribution in [0.1, 0.15) is 19.8 Å². The van der Waals surface area contributed by atoms with Crippen LogP contribution in [0.5, 0.6) is 0 Å². The van der Waals surface area contributed by atoms with Crippen molar-refractivity contribution in [2.75, 3.05) is 19.6 Å². The van der Waals surface area contributed by atoms with Crippen molar-refractivity contribution >= 4 is 33.2 Å². The Morgan fingerprint density at radius 3 is 2.87 bits per heavy atom. The molecule has 1 unspecified atom stereocenters. The molecule has 2 aromatic rings. The average molecular weight is 356 g/mol. The highest BCUT2D eigenvalue weighted by atomic mass is 35.5. The molecule has 0 aliphatic carbocycles. The highest BCUT2D eigenvalue weighted by Crippen LogP contribution is 2.27. The second-order valence-electron chi connectivity index (χ2n) is 5.62. The van der Waals surface area contributed by atoms with E-state index in [0.29, 0.717) is 11.4 Å². The van der Waals surface area contributed by atoms with Gasteiger partial charge in [-0.05, 0) is 31.5 Å². The summed E-state index contributed by atoms with van der Waals surface area (Å²) in [6.07, 6.45) is 5.02. The maximum absolute atomic E-state index is 13.2. The van der Waals surface area contributed by atoms with Crippen molar-refractivity contribution < 1.29 is 8.42 Å². The van der Waals surface area contributed by atoms with E-state index in [0.717, 1.165) is 36.7 Å². The molecule has 1 saturated heterocycles. The first-order chi connectivity index (χ1) is 10.6. The highest BCUT2D eigenvalue weighted by molar-refractivity contribution is 7.89. The van der Waals surface area contributed by atoms with Crippen LogP contribution >= 0.6 is 12.4 Å². The van der Waals surface area contributed by atoms with Gasteiger partial charge in [0.2, 0.25) is 10.0 Å². The van der Waals surface area contributed by atoms with E-state index in [1.807, 2.05) is 13.0 Å². The summed E-state index contributed by atoms with van der Waals surface area (Å²) in [4.78, 5) is 4.46. The number of aromatic nitrogens is 1. The first-order valence-electron chi connectivity index (χ1n) is 7.70. The van der Waals surface area contributed by atoms with Crippen molar-refractivity contribution in [3.8, 4) is 0 Å². The van der Waals surface area contributed by atoms with Gasteiger partial charge in [-0.25, -0.2) is 8.42 Å². The molecule has 7 heteroatoms. The predicted molar refractivity (Wildman–Crippen MR) is 94.4 cm³/mol. The normalized spacial score (nSPS) is 18.3. The first kappa shape index (κ1) is 18.1. The van der Waals surface area contributed by atoms with Crippen LogP contribution < -0.4 is 5.32 Å². The summed E-state index contributed by atoms with van der Waals surface area (Å²) in [5.41, 5.74) is 0. The molecule has 23 heavy (non-hydrogen) atoms. The van der Waals surface area contributed by atoms with Crippen LogP contribution in [-0.2, 0) is 10.0 Å². The van der Waals surface area contributed by atoms with Crippen LogP contribution in [0.4, 0.5) is 0 Å². The van der Waals surface area contributed by atoms with Crippen molar-refractivity contribution in [2.24, 2.45) is 0 Å². The van der Waals surface area contributed by atoms with E-state index in [1.54, 1.807) is 34.9 Å². The summed E-state index contributed by atoms with van der Waals surface area (Å²) in [6.45, 7) is 4.17. The van der Waals surface area contributed by atoms with Crippen LogP contribution in [0.15, 0.2) is 41.6 Å². The molecule has 1 fully saturated rings. The number of benzene rings is 1. The zero-order valence-corrected chi connectivity index (χ0v) is 14.7. The van der Waals surface area contributed by atoms with Crippen LogP contribution in [0.2, 0.25) is 0 Å². The lowest BCUT2D eigenvalue weighted by atomic mass is 10.2. The molecular weight excluding hydrogens is 334 g/mol. The van der Waals surface area contributed by atoms with Crippen LogP contribution in [-0.4, -0.2) is 43.4 Å². The lowest BCUT2D eigenvalue weighted by Crippen LogP contribution is -2.42. The minimum Gasteiger partial charge on any atom is -0.315 e. The van der Waals surface area contributed by atoms with Crippen molar-refractivity contribution in [2.45, 2.75) is 30.7 Å². The molecule has 0 radical (unpaired) electrons. The van der Waals surface area contributed by atoms with E-state index >= 15 is 0 Å². The molecule has 1 aromatic heterocycles. The van der Waals surface area contributed by atoms with E-state index in [4.69, 9.17) is 0 Å². The van der Waals surface area contributed by atoms with Gasteiger partial charge in [-0.2, -0.15) is 4.31 Å². The number of pyridine rings is 1. The van der Waals surface area contributed by atoms with Gasteiger partial charge in [0, 0.05) is 42.3 Å². The van der Waals surface area contributed by atoms with Gasteiger partial charge in [-0.3, -0.25) is 4.98 Å². The Balaban J connectivity index is 0.00000192. The molecular formula is C16H22ClN3O2S. The maximum Gasteiger partial charge on any atom is 0.243 e. The summed E-state index contributed by atoms with van der Waals surface area (Å²) < 4.78 is 28.1. The fourth-order valence-electron chi connectivity index (χ4n) is 3.05. The molecule has 1 aliphatic heterocycles. The fourth-order valence-corrected chi connectivity index (χ4v) is 5.01. The van der Waals surface area contributed by atoms with Crippen LogP contribution in [0.3, 0.4) is 0 Å². The predicted octanol–water partition coefficient (Wildman–Crippen LogP) is 2.42. The molecule has 3 rings (SSSR count). The number of nitrogens with zero attached hydrogens (tertiary/aromatic N) is 2. The Bertz CT molecular complexity index is 756. The summed E-state index contributed by atoms with van der Waals surface area (Å²) in [5.74, 6) is 0. The Kier molecular flexibility index (Phi) is 5.97. The summed E-state index contributed by atoms with van der Waals surface area (Å²) >= 11 is 0. The number of halogens is 1. The second kappa shape index (κ2) is 7.57. The van der Waals surface area contributed by atoms with Gasteiger partial charge in [0.1, 0.15) is 0 Å². The molecule has 0 bridgehead atoms. The van der Waals surface area contributed by atoms with Crippen molar-refractivity contribution in [3.05, 3.63) is 36.7 Å². The standard InChI is InChI=1S/C16H21N3O2S.ClH/c1-2-10-19(14-6-8-18-12-14)22(20,21)16-5-3-4-13-11-17-9-7-15(13)16;/h3-5,7,9,11,14,18H,2,6,8,10,12H2,1H3;1H. The number of rotatable bonds is 5. The van der Waals surface area contributed by atoms with E-state index < -0.39 is 10.0 Å². The van der Waals surface area contributed by atoms with Gasteiger partial charge >= 0.3 is 0 Å². The smallest absolute Gasteiger partial charge is 0.243 e. The van der Waals surface area contributed by atoms with Crippen molar-refractivity contribution in [1.82, 2.24) is 14.6 Å². The molecule has 1 aliphatic rings. The zero-order chi connectivity index (χ0) is 15.6. The minimum absolute atomic E-state index is 0. The van der Waals surface area contributed by atoms with E-state index in [2.05, 4.69) is 10.3 Å². The third-order valence-corrected chi connectivity index (χ3v) is 6.12. The van der Waals surface area contributed by atoms with Gasteiger partial charge in [0.25, 0.3) is 0 Å². The second-order valence-corrected chi connectivity index (χ2v) is 7.47. The maximum atomic E-state index is 13.2. The first-order valence-corrected chi connectivity index (χ1v) is 9.14. The van der Waals surface area contributed by atoms with Gasteiger partial charge in [-0.15, -0.1) is 12.4 Å². The van der Waals surface area contributed by atoms with Crippen LogP contribution in [0.25, 0.3) is 10.8 Å². The molecule has 1 N–H and O–H groups in total. The van der Waals surface area contributed by atoms with Gasteiger partial charge in [0.15, 0.2) is 0 Å². The third-order valence-electron chi connectivity index (χ3n) is 4.11. The van der Waals surface area contributed by atoms with E-state index in [1.165, 1.54) is 0 Å². The van der Waals surface area contributed by atoms with E-state index in [-0.39, 0.29) is 18.4 Å². The Morgan fingerprint density at radius 2 is 2.17 bits per heavy atom. The molecule has 0 saturated carbocycles. The fraction of sp³-hybridized carbons (Fsp3) is 0.438. The largest absolute Gasteiger partial charge is 0.315 e. The lowest BCUT2D eigenvalue weighted by molar-refractivity contribution is 0.335. The topological polar surface area (TPSA) is 62.3 Å². The average Bonchev–Trinajstić information content (AvgIpc) is 3.05. The third kappa shape index (κ3) is 3.50. The molecule has 1 aromatic carbocycles. The number of hydrogen-bond acceptors (Lipinski definition) is 4. The van der Waals surface area contributed by atoms with Gasteiger partial charge < -0.3 is 5.32 Å². The zero-order valence-electron chi connectivity index (χ0n) is 13.1. The van der Waals surface area contributed by atoms with Gasteiger partial charge in [0.05, 0.1) is 4.90 Å². The quantitative estimate of drug-likeness (QED) is 0.894. The molecule has 126 valence electrons. The highest BCUT2D eigenvalue weighted by Gasteiger charge is 2.33. The van der Waals surface area contributed by atoms with Crippen molar-refractivity contribution in [1.29, 1.82) is 0 Å². The van der Waals surface area contributed by atoms with Crippen molar-refractivity contribution in [3.63, 3.8) is 0 Å². The minimum atomic E-state index is -3.51. The molecule has 1 atom stereocenters. The summed E-state index contributed by atoms with van der Waals surface area (Å²) in [5, 5.41) is 4.85. The van der Waals surface area contributed by atoms with E-state index in [9.17, 15) is 8.42 Å². The van der Waals surface area contributed by atoms with Gasteiger partial charge in [-0.1, -0.05) is 19.1 Å². The Labute approximate surface area is 143 Å². The molecule has 0 amide bonds. The Hall–Kier alpha value is -1.21. The monoisotopic (exact) mass is 355 g/mol.